The minimum atomic E-state index is -0.0145. The Hall–Kier alpha value is -0.590. The van der Waals surface area contributed by atoms with E-state index in [1.54, 1.807) is 0 Å². The summed E-state index contributed by atoms with van der Waals surface area (Å²) >= 11 is 0. The van der Waals surface area contributed by atoms with E-state index in [1.165, 1.54) is 6.42 Å². The average Bonchev–Trinajstić information content (AvgIpc) is 2.46. The Morgan fingerprint density at radius 3 is 2.70 bits per heavy atom. The van der Waals surface area contributed by atoms with Gasteiger partial charge in [0.05, 0.1) is 0 Å². The molecule has 54 valence electrons. The van der Waals surface area contributed by atoms with Crippen LogP contribution in [0.15, 0.2) is 12.2 Å². The molecule has 1 saturated carbocycles. The van der Waals surface area contributed by atoms with Crippen molar-refractivity contribution in [2.75, 3.05) is 0 Å². The molecule has 0 aliphatic heterocycles. The summed E-state index contributed by atoms with van der Waals surface area (Å²) in [5.41, 5.74) is -0.0145. The number of rotatable bonds is 1. The molecule has 2 bridgehead atoms. The Labute approximate surface area is 61.1 Å². The fraction of sp³-hybridized carbons (Fsp3) is 0.667. The van der Waals surface area contributed by atoms with Gasteiger partial charge in [0.2, 0.25) is 0 Å². The fourth-order valence-corrected chi connectivity index (χ4v) is 2.27. The van der Waals surface area contributed by atoms with Crippen molar-refractivity contribution in [2.24, 2.45) is 17.3 Å². The first-order valence-electron chi connectivity index (χ1n) is 3.89. The maximum atomic E-state index is 10.7. The van der Waals surface area contributed by atoms with Crippen molar-refractivity contribution in [1.82, 2.24) is 0 Å². The van der Waals surface area contributed by atoms with Crippen molar-refractivity contribution in [3.05, 3.63) is 12.2 Å². The molecule has 1 unspecified atom stereocenters. The highest BCUT2D eigenvalue weighted by Crippen LogP contribution is 2.50. The average molecular weight is 136 g/mol. The summed E-state index contributed by atoms with van der Waals surface area (Å²) in [4.78, 5) is 10.7. The molecule has 2 rings (SSSR count). The lowest BCUT2D eigenvalue weighted by Crippen LogP contribution is -2.22. The van der Waals surface area contributed by atoms with Gasteiger partial charge in [-0.3, -0.25) is 0 Å². The van der Waals surface area contributed by atoms with Gasteiger partial charge in [0.25, 0.3) is 0 Å². The second-order valence-corrected chi connectivity index (χ2v) is 3.81. The topological polar surface area (TPSA) is 17.1 Å². The number of fused-ring (bicyclic) bond motifs is 2. The summed E-state index contributed by atoms with van der Waals surface area (Å²) in [5.74, 6) is 1.26. The van der Waals surface area contributed by atoms with Gasteiger partial charge in [-0.1, -0.05) is 19.1 Å². The lowest BCUT2D eigenvalue weighted by Gasteiger charge is -2.23. The predicted molar refractivity (Wildman–Crippen MR) is 39.5 cm³/mol. The van der Waals surface area contributed by atoms with Crippen LogP contribution in [0.2, 0.25) is 0 Å². The van der Waals surface area contributed by atoms with E-state index < -0.39 is 0 Å². The molecule has 0 amide bonds. The molecule has 1 heteroatoms. The highest BCUT2D eigenvalue weighted by Gasteiger charge is 2.44. The number of allylic oxidation sites excluding steroid dienone is 2. The van der Waals surface area contributed by atoms with Crippen LogP contribution in [0.5, 0.6) is 0 Å². The molecule has 0 N–H and O–H groups in total. The van der Waals surface area contributed by atoms with E-state index in [2.05, 4.69) is 19.1 Å². The van der Waals surface area contributed by atoms with Crippen LogP contribution in [-0.2, 0) is 4.79 Å². The van der Waals surface area contributed by atoms with Gasteiger partial charge in [0.1, 0.15) is 6.29 Å². The molecule has 0 spiro atoms. The molecule has 10 heavy (non-hydrogen) atoms. The molecule has 0 aromatic heterocycles. The van der Waals surface area contributed by atoms with E-state index in [4.69, 9.17) is 0 Å². The van der Waals surface area contributed by atoms with Crippen molar-refractivity contribution in [3.8, 4) is 0 Å². The van der Waals surface area contributed by atoms with Gasteiger partial charge in [-0.05, 0) is 24.7 Å². The Balaban J connectivity index is 2.30. The Kier molecular flexibility index (Phi) is 1.05. The monoisotopic (exact) mass is 136 g/mol. The normalized spacial score (nSPS) is 50.1. The molecule has 0 heterocycles. The molecule has 1 fully saturated rings. The third kappa shape index (κ3) is 0.606. The number of carbonyl (C=O) groups excluding carboxylic acids is 1. The molecule has 2 aliphatic carbocycles. The van der Waals surface area contributed by atoms with Crippen molar-refractivity contribution < 1.29 is 4.79 Å². The van der Waals surface area contributed by atoms with E-state index in [0.29, 0.717) is 11.8 Å². The molecular weight excluding hydrogens is 124 g/mol. The van der Waals surface area contributed by atoms with Crippen molar-refractivity contribution >= 4 is 6.29 Å². The van der Waals surface area contributed by atoms with Crippen LogP contribution in [0.3, 0.4) is 0 Å². The number of hydrogen-bond acceptors (Lipinski definition) is 1. The SMILES string of the molecule is C[C@]1(C=O)CC2C=C[C@@H]1C2. The molecule has 0 aromatic rings. The summed E-state index contributed by atoms with van der Waals surface area (Å²) in [6.07, 6.45) is 7.91. The Bertz CT molecular complexity index is 195. The molecular formula is C9H12O. The molecule has 0 aromatic carbocycles. The lowest BCUT2D eigenvalue weighted by atomic mass is 9.79. The van der Waals surface area contributed by atoms with Crippen molar-refractivity contribution in [2.45, 2.75) is 19.8 Å². The summed E-state index contributed by atoms with van der Waals surface area (Å²) < 4.78 is 0. The van der Waals surface area contributed by atoms with Crippen LogP contribution in [0, 0.1) is 17.3 Å². The zero-order valence-electron chi connectivity index (χ0n) is 6.21. The smallest absolute Gasteiger partial charge is 0.126 e. The van der Waals surface area contributed by atoms with E-state index in [-0.39, 0.29) is 5.41 Å². The minimum absolute atomic E-state index is 0.0145. The standard InChI is InChI=1S/C9H12O/c1-9(6-10)5-7-2-3-8(9)4-7/h2-3,6-8H,4-5H2,1H3/t7?,8-,9-/m1/s1. The van der Waals surface area contributed by atoms with Gasteiger partial charge in [-0.15, -0.1) is 0 Å². The zero-order chi connectivity index (χ0) is 7.19. The highest BCUT2D eigenvalue weighted by atomic mass is 16.1. The Morgan fingerprint density at radius 2 is 2.40 bits per heavy atom. The third-order valence-corrected chi connectivity index (χ3v) is 2.99. The summed E-state index contributed by atoms with van der Waals surface area (Å²) in [6.45, 7) is 2.08. The molecule has 1 nitrogen and oxygen atoms in total. The van der Waals surface area contributed by atoms with Crippen LogP contribution in [0.4, 0.5) is 0 Å². The Morgan fingerprint density at radius 1 is 1.60 bits per heavy atom. The van der Waals surface area contributed by atoms with Crippen LogP contribution in [0.25, 0.3) is 0 Å². The maximum absolute atomic E-state index is 10.7. The number of aldehydes is 1. The molecule has 2 aliphatic rings. The van der Waals surface area contributed by atoms with E-state index in [0.717, 1.165) is 12.7 Å². The molecule has 3 atom stereocenters. The first kappa shape index (κ1) is 6.14. The second-order valence-electron chi connectivity index (χ2n) is 3.81. The molecule has 0 radical (unpaired) electrons. The van der Waals surface area contributed by atoms with Gasteiger partial charge in [0, 0.05) is 5.41 Å². The number of hydrogen-bond donors (Lipinski definition) is 0. The maximum Gasteiger partial charge on any atom is 0.126 e. The number of carbonyl (C=O) groups is 1. The predicted octanol–water partition coefficient (Wildman–Crippen LogP) is 1.79. The summed E-state index contributed by atoms with van der Waals surface area (Å²) in [7, 11) is 0. The van der Waals surface area contributed by atoms with Crippen molar-refractivity contribution in [1.29, 1.82) is 0 Å². The van der Waals surface area contributed by atoms with Gasteiger partial charge in [-0.2, -0.15) is 0 Å². The lowest BCUT2D eigenvalue weighted by molar-refractivity contribution is -0.116. The second kappa shape index (κ2) is 1.71. The van der Waals surface area contributed by atoms with Gasteiger partial charge in [-0.25, -0.2) is 0 Å². The van der Waals surface area contributed by atoms with Crippen LogP contribution in [0.1, 0.15) is 19.8 Å². The highest BCUT2D eigenvalue weighted by molar-refractivity contribution is 5.61. The zero-order valence-corrected chi connectivity index (χ0v) is 6.21. The summed E-state index contributed by atoms with van der Waals surface area (Å²) in [5, 5.41) is 0. The largest absolute Gasteiger partial charge is 0.303 e. The minimum Gasteiger partial charge on any atom is -0.303 e. The van der Waals surface area contributed by atoms with Gasteiger partial charge < -0.3 is 4.79 Å². The first-order chi connectivity index (χ1) is 4.74. The third-order valence-electron chi connectivity index (χ3n) is 2.99. The summed E-state index contributed by atoms with van der Waals surface area (Å²) in [6, 6.07) is 0. The fourth-order valence-electron chi connectivity index (χ4n) is 2.27. The van der Waals surface area contributed by atoms with Crippen LogP contribution < -0.4 is 0 Å². The van der Waals surface area contributed by atoms with Crippen LogP contribution >= 0.6 is 0 Å². The van der Waals surface area contributed by atoms with E-state index >= 15 is 0 Å². The van der Waals surface area contributed by atoms with E-state index in [1.807, 2.05) is 0 Å². The van der Waals surface area contributed by atoms with Gasteiger partial charge in [0.15, 0.2) is 0 Å². The quantitative estimate of drug-likeness (QED) is 0.396. The van der Waals surface area contributed by atoms with Crippen molar-refractivity contribution in [3.63, 3.8) is 0 Å². The van der Waals surface area contributed by atoms with Gasteiger partial charge >= 0.3 is 0 Å². The van der Waals surface area contributed by atoms with E-state index in [9.17, 15) is 4.79 Å². The first-order valence-corrected chi connectivity index (χ1v) is 3.89. The molecule has 0 saturated heterocycles. The van der Waals surface area contributed by atoms with Crippen LogP contribution in [-0.4, -0.2) is 6.29 Å².